The van der Waals surface area contributed by atoms with Gasteiger partial charge in [-0.25, -0.2) is 4.79 Å². The summed E-state index contributed by atoms with van der Waals surface area (Å²) >= 11 is 0. The fourth-order valence-corrected chi connectivity index (χ4v) is 2.22. The Kier molecular flexibility index (Phi) is 4.79. The number of aryl methyl sites for hydroxylation is 1. The summed E-state index contributed by atoms with van der Waals surface area (Å²) in [6, 6.07) is 1.82. The van der Waals surface area contributed by atoms with E-state index >= 15 is 0 Å². The summed E-state index contributed by atoms with van der Waals surface area (Å²) in [6.45, 7) is 1.96. The Labute approximate surface area is 113 Å². The number of hydrogen-bond acceptors (Lipinski definition) is 3. The monoisotopic (exact) mass is 266 g/mol. The number of aromatic nitrogens is 2. The van der Waals surface area contributed by atoms with Crippen LogP contribution >= 0.6 is 0 Å². The zero-order valence-electron chi connectivity index (χ0n) is 11.6. The standard InChI is InChI=1S/C13H22N4O2/c1-16(10-12-5-3-4-8-19-12)13(18)14-9-11-6-7-15-17(11)2/h6-7,12H,3-5,8-10H2,1-2H3,(H,14,18). The van der Waals surface area contributed by atoms with Crippen LogP contribution in [0.5, 0.6) is 0 Å². The van der Waals surface area contributed by atoms with Gasteiger partial charge in [0.15, 0.2) is 0 Å². The molecule has 2 heterocycles. The minimum absolute atomic E-state index is 0.0737. The lowest BCUT2D eigenvalue weighted by molar-refractivity contribution is 0.00384. The maximum atomic E-state index is 12.0. The SMILES string of the molecule is CN(CC1CCCCO1)C(=O)NCc1ccnn1C. The largest absolute Gasteiger partial charge is 0.376 e. The van der Waals surface area contributed by atoms with Crippen LogP contribution in [-0.2, 0) is 18.3 Å². The molecule has 6 nitrogen and oxygen atoms in total. The number of nitrogens with one attached hydrogen (secondary N) is 1. The van der Waals surface area contributed by atoms with Gasteiger partial charge in [-0.05, 0) is 25.3 Å². The Balaban J connectivity index is 1.74. The summed E-state index contributed by atoms with van der Waals surface area (Å²) in [7, 11) is 3.66. The number of amides is 2. The van der Waals surface area contributed by atoms with E-state index in [9.17, 15) is 4.79 Å². The predicted octanol–water partition coefficient (Wildman–Crippen LogP) is 1.13. The van der Waals surface area contributed by atoms with Crippen molar-refractivity contribution in [3.05, 3.63) is 18.0 Å². The van der Waals surface area contributed by atoms with E-state index < -0.39 is 0 Å². The van der Waals surface area contributed by atoms with E-state index in [0.29, 0.717) is 13.1 Å². The van der Waals surface area contributed by atoms with Crippen LogP contribution in [0.4, 0.5) is 4.79 Å². The molecule has 1 aromatic heterocycles. The van der Waals surface area contributed by atoms with Crippen LogP contribution in [0.2, 0.25) is 0 Å². The van der Waals surface area contributed by atoms with Gasteiger partial charge in [0.1, 0.15) is 0 Å². The normalized spacial score (nSPS) is 19.2. The van der Waals surface area contributed by atoms with Gasteiger partial charge in [0.2, 0.25) is 0 Å². The predicted molar refractivity (Wildman–Crippen MR) is 71.7 cm³/mol. The van der Waals surface area contributed by atoms with Gasteiger partial charge in [-0.1, -0.05) is 0 Å². The highest BCUT2D eigenvalue weighted by Crippen LogP contribution is 2.13. The minimum Gasteiger partial charge on any atom is -0.376 e. The van der Waals surface area contributed by atoms with E-state index in [1.54, 1.807) is 22.8 Å². The molecule has 1 N–H and O–H groups in total. The van der Waals surface area contributed by atoms with Gasteiger partial charge in [-0.3, -0.25) is 4.68 Å². The molecular formula is C13H22N4O2. The molecule has 106 valence electrons. The molecule has 6 heteroatoms. The number of hydrogen-bond donors (Lipinski definition) is 1. The van der Waals surface area contributed by atoms with Crippen LogP contribution in [0.25, 0.3) is 0 Å². The molecule has 1 atom stereocenters. The number of ether oxygens (including phenoxy) is 1. The molecule has 1 saturated heterocycles. The molecule has 0 aliphatic carbocycles. The molecule has 1 fully saturated rings. The van der Waals surface area contributed by atoms with Gasteiger partial charge in [-0.15, -0.1) is 0 Å². The van der Waals surface area contributed by atoms with E-state index in [1.807, 2.05) is 13.1 Å². The van der Waals surface area contributed by atoms with Gasteiger partial charge in [0.05, 0.1) is 18.3 Å². The van der Waals surface area contributed by atoms with E-state index in [-0.39, 0.29) is 12.1 Å². The zero-order chi connectivity index (χ0) is 13.7. The first-order valence-electron chi connectivity index (χ1n) is 6.74. The van der Waals surface area contributed by atoms with Crippen molar-refractivity contribution in [3.63, 3.8) is 0 Å². The Bertz CT molecular complexity index is 413. The van der Waals surface area contributed by atoms with Crippen LogP contribution in [0.1, 0.15) is 25.0 Å². The number of nitrogens with zero attached hydrogens (tertiary/aromatic N) is 3. The Morgan fingerprint density at radius 3 is 3.11 bits per heavy atom. The second kappa shape index (κ2) is 6.56. The molecule has 0 aromatic carbocycles. The molecule has 1 unspecified atom stereocenters. The zero-order valence-corrected chi connectivity index (χ0v) is 11.6. The fraction of sp³-hybridized carbons (Fsp3) is 0.692. The average Bonchev–Trinajstić information content (AvgIpc) is 2.82. The lowest BCUT2D eigenvalue weighted by Crippen LogP contribution is -2.42. The number of rotatable bonds is 4. The smallest absolute Gasteiger partial charge is 0.317 e. The molecule has 1 aliphatic rings. The van der Waals surface area contributed by atoms with Crippen molar-refractivity contribution in [2.24, 2.45) is 7.05 Å². The van der Waals surface area contributed by atoms with Crippen molar-refractivity contribution in [2.75, 3.05) is 20.2 Å². The van der Waals surface area contributed by atoms with Crippen LogP contribution in [-0.4, -0.2) is 47.0 Å². The number of carbonyl (C=O) groups excluding carboxylic acids is 1. The third-order valence-corrected chi connectivity index (χ3v) is 3.44. The highest BCUT2D eigenvalue weighted by Gasteiger charge is 2.18. The van der Waals surface area contributed by atoms with Crippen molar-refractivity contribution in [2.45, 2.75) is 31.9 Å². The van der Waals surface area contributed by atoms with E-state index in [1.165, 1.54) is 6.42 Å². The maximum absolute atomic E-state index is 12.0. The molecule has 19 heavy (non-hydrogen) atoms. The number of likely N-dealkylation sites (N-methyl/N-ethyl adjacent to an activating group) is 1. The fourth-order valence-electron chi connectivity index (χ4n) is 2.22. The summed E-state index contributed by atoms with van der Waals surface area (Å²) in [5.41, 5.74) is 0.982. The van der Waals surface area contributed by atoms with Gasteiger partial charge in [0.25, 0.3) is 0 Å². The first kappa shape index (κ1) is 13.9. The Morgan fingerprint density at radius 1 is 1.63 bits per heavy atom. The van der Waals surface area contributed by atoms with E-state index in [2.05, 4.69) is 10.4 Å². The lowest BCUT2D eigenvalue weighted by atomic mass is 10.1. The van der Waals surface area contributed by atoms with Crippen LogP contribution in [0.15, 0.2) is 12.3 Å². The third kappa shape index (κ3) is 3.96. The molecule has 0 radical (unpaired) electrons. The van der Waals surface area contributed by atoms with Gasteiger partial charge in [0, 0.05) is 33.4 Å². The second-order valence-electron chi connectivity index (χ2n) is 4.97. The van der Waals surface area contributed by atoms with Crippen LogP contribution in [0.3, 0.4) is 0 Å². The first-order valence-corrected chi connectivity index (χ1v) is 6.74. The van der Waals surface area contributed by atoms with Crippen molar-refractivity contribution >= 4 is 6.03 Å². The van der Waals surface area contributed by atoms with Gasteiger partial charge in [-0.2, -0.15) is 5.10 Å². The summed E-state index contributed by atoms with van der Waals surface area (Å²) in [6.07, 6.45) is 5.27. The molecule has 2 rings (SSSR count). The van der Waals surface area contributed by atoms with E-state index in [0.717, 1.165) is 25.1 Å². The number of urea groups is 1. The molecule has 0 bridgehead atoms. The first-order chi connectivity index (χ1) is 9.16. The summed E-state index contributed by atoms with van der Waals surface area (Å²) < 4.78 is 7.39. The third-order valence-electron chi connectivity index (χ3n) is 3.44. The van der Waals surface area contributed by atoms with Crippen LogP contribution < -0.4 is 5.32 Å². The summed E-state index contributed by atoms with van der Waals surface area (Å²) in [5, 5.41) is 6.95. The molecule has 1 aromatic rings. The number of carbonyl (C=O) groups is 1. The van der Waals surface area contributed by atoms with Crippen LogP contribution in [0, 0.1) is 0 Å². The summed E-state index contributed by atoms with van der Waals surface area (Å²) in [4.78, 5) is 13.6. The Hall–Kier alpha value is -1.56. The van der Waals surface area contributed by atoms with Crippen molar-refractivity contribution in [1.82, 2.24) is 20.0 Å². The molecule has 0 spiro atoms. The van der Waals surface area contributed by atoms with Crippen molar-refractivity contribution in [3.8, 4) is 0 Å². The van der Waals surface area contributed by atoms with Gasteiger partial charge < -0.3 is 15.0 Å². The maximum Gasteiger partial charge on any atom is 0.317 e. The molecular weight excluding hydrogens is 244 g/mol. The Morgan fingerprint density at radius 2 is 2.47 bits per heavy atom. The average molecular weight is 266 g/mol. The summed E-state index contributed by atoms with van der Waals surface area (Å²) in [5.74, 6) is 0. The van der Waals surface area contributed by atoms with E-state index in [4.69, 9.17) is 4.74 Å². The van der Waals surface area contributed by atoms with Crippen molar-refractivity contribution in [1.29, 1.82) is 0 Å². The minimum atomic E-state index is -0.0737. The topological polar surface area (TPSA) is 59.4 Å². The second-order valence-corrected chi connectivity index (χ2v) is 4.97. The molecule has 0 saturated carbocycles. The highest BCUT2D eigenvalue weighted by molar-refractivity contribution is 5.73. The van der Waals surface area contributed by atoms with Crippen molar-refractivity contribution < 1.29 is 9.53 Å². The van der Waals surface area contributed by atoms with Gasteiger partial charge >= 0.3 is 6.03 Å². The highest BCUT2D eigenvalue weighted by atomic mass is 16.5. The lowest BCUT2D eigenvalue weighted by Gasteiger charge is -2.27. The quantitative estimate of drug-likeness (QED) is 0.888. The molecule has 1 aliphatic heterocycles. The molecule has 2 amide bonds.